The third-order valence-electron chi connectivity index (χ3n) is 2.95. The van der Waals surface area contributed by atoms with Gasteiger partial charge in [0.2, 0.25) is 0 Å². The summed E-state index contributed by atoms with van der Waals surface area (Å²) in [4.78, 5) is 28.0. The van der Waals surface area contributed by atoms with Gasteiger partial charge in [0.1, 0.15) is 5.60 Å². The number of aromatic nitrogens is 1. The second-order valence-electron chi connectivity index (χ2n) is 6.25. The summed E-state index contributed by atoms with van der Waals surface area (Å²) in [5, 5.41) is 5.43. The van der Waals surface area contributed by atoms with E-state index in [1.807, 2.05) is 12.1 Å². The van der Waals surface area contributed by atoms with Crippen LogP contribution in [0.5, 0.6) is 0 Å². The average Bonchev–Trinajstić information content (AvgIpc) is 2.52. The van der Waals surface area contributed by atoms with Crippen LogP contribution in [-0.2, 0) is 11.3 Å². The van der Waals surface area contributed by atoms with E-state index in [0.717, 1.165) is 5.56 Å². The van der Waals surface area contributed by atoms with Gasteiger partial charge in [-0.2, -0.15) is 0 Å². The van der Waals surface area contributed by atoms with Crippen molar-refractivity contribution in [2.45, 2.75) is 32.9 Å². The summed E-state index contributed by atoms with van der Waals surface area (Å²) in [5.74, 6) is -0.230. The highest BCUT2D eigenvalue weighted by Gasteiger charge is 2.16. The number of carbonyl (C=O) groups excluding carboxylic acids is 2. The molecule has 24 heavy (non-hydrogen) atoms. The Labute approximate surface area is 141 Å². The Hall–Kier alpha value is -2.89. The predicted octanol–water partition coefficient (Wildman–Crippen LogP) is 3.36. The van der Waals surface area contributed by atoms with E-state index in [4.69, 9.17) is 4.74 Å². The first-order valence-electron chi connectivity index (χ1n) is 7.61. The fourth-order valence-corrected chi connectivity index (χ4v) is 1.95. The molecule has 1 heterocycles. The molecule has 0 aliphatic heterocycles. The number of nitrogens with zero attached hydrogens (tertiary/aromatic N) is 1. The van der Waals surface area contributed by atoms with Gasteiger partial charge in [-0.15, -0.1) is 0 Å². The molecule has 2 amide bonds. The predicted molar refractivity (Wildman–Crippen MR) is 91.7 cm³/mol. The number of ether oxygens (including phenoxy) is 1. The number of hydrogen-bond donors (Lipinski definition) is 2. The number of rotatable bonds is 4. The van der Waals surface area contributed by atoms with Crippen molar-refractivity contribution in [1.29, 1.82) is 0 Å². The number of carbonyl (C=O) groups is 2. The van der Waals surface area contributed by atoms with Crippen molar-refractivity contribution < 1.29 is 14.3 Å². The van der Waals surface area contributed by atoms with Crippen molar-refractivity contribution >= 4 is 17.7 Å². The molecular weight excluding hydrogens is 306 g/mol. The molecule has 0 aliphatic carbocycles. The Morgan fingerprint density at radius 1 is 1.17 bits per heavy atom. The fraction of sp³-hybridized carbons (Fsp3) is 0.278. The van der Waals surface area contributed by atoms with Crippen LogP contribution in [0, 0.1) is 0 Å². The summed E-state index contributed by atoms with van der Waals surface area (Å²) in [5.41, 5.74) is 1.28. The number of hydrogen-bond acceptors (Lipinski definition) is 4. The minimum Gasteiger partial charge on any atom is -0.444 e. The van der Waals surface area contributed by atoms with Crippen LogP contribution in [0.1, 0.15) is 36.7 Å². The zero-order valence-electron chi connectivity index (χ0n) is 14.0. The summed E-state index contributed by atoms with van der Waals surface area (Å²) in [7, 11) is 0. The molecule has 0 aliphatic rings. The van der Waals surface area contributed by atoms with Gasteiger partial charge in [0, 0.05) is 30.2 Å². The van der Waals surface area contributed by atoms with Crippen LogP contribution in [-0.4, -0.2) is 22.6 Å². The number of nitrogens with one attached hydrogen (secondary N) is 2. The highest BCUT2D eigenvalue weighted by molar-refractivity contribution is 5.96. The first-order valence-corrected chi connectivity index (χ1v) is 7.61. The van der Waals surface area contributed by atoms with Crippen molar-refractivity contribution in [2.75, 3.05) is 5.32 Å². The molecule has 126 valence electrons. The standard InChI is InChI=1S/C18H21N3O3/c1-18(2,3)24-17(23)21-15-8-4-7-14(10-15)16(22)20-12-13-6-5-9-19-11-13/h4-11H,12H2,1-3H3,(H,20,22)(H,21,23). The Morgan fingerprint density at radius 3 is 2.62 bits per heavy atom. The summed E-state index contributed by atoms with van der Waals surface area (Å²) < 4.78 is 5.19. The zero-order chi connectivity index (χ0) is 17.6. The van der Waals surface area contributed by atoms with E-state index in [1.54, 1.807) is 57.4 Å². The topological polar surface area (TPSA) is 80.3 Å². The van der Waals surface area contributed by atoms with Crippen LogP contribution in [0.4, 0.5) is 10.5 Å². The van der Waals surface area contributed by atoms with Crippen LogP contribution >= 0.6 is 0 Å². The second-order valence-corrected chi connectivity index (χ2v) is 6.25. The molecule has 0 saturated carbocycles. The lowest BCUT2D eigenvalue weighted by Gasteiger charge is -2.19. The van der Waals surface area contributed by atoms with E-state index in [9.17, 15) is 9.59 Å². The molecule has 0 bridgehead atoms. The van der Waals surface area contributed by atoms with Gasteiger partial charge >= 0.3 is 6.09 Å². The Morgan fingerprint density at radius 2 is 1.96 bits per heavy atom. The lowest BCUT2D eigenvalue weighted by molar-refractivity contribution is 0.0635. The lowest BCUT2D eigenvalue weighted by atomic mass is 10.2. The van der Waals surface area contributed by atoms with Gasteiger partial charge in [-0.05, 0) is 50.6 Å². The summed E-state index contributed by atoms with van der Waals surface area (Å²) >= 11 is 0. The van der Waals surface area contributed by atoms with Gasteiger partial charge in [0.25, 0.3) is 5.91 Å². The minimum atomic E-state index is -0.581. The van der Waals surface area contributed by atoms with Crippen molar-refractivity contribution in [3.05, 3.63) is 59.9 Å². The van der Waals surface area contributed by atoms with Gasteiger partial charge in [0.15, 0.2) is 0 Å². The smallest absolute Gasteiger partial charge is 0.412 e. The monoisotopic (exact) mass is 327 g/mol. The minimum absolute atomic E-state index is 0.230. The first-order chi connectivity index (χ1) is 11.3. The first kappa shape index (κ1) is 17.5. The van der Waals surface area contributed by atoms with Crippen LogP contribution in [0.2, 0.25) is 0 Å². The Balaban J connectivity index is 1.96. The van der Waals surface area contributed by atoms with Crippen LogP contribution in [0.25, 0.3) is 0 Å². The Kier molecular flexibility index (Phi) is 5.52. The van der Waals surface area contributed by atoms with Crippen molar-refractivity contribution in [2.24, 2.45) is 0 Å². The van der Waals surface area contributed by atoms with E-state index in [1.165, 1.54) is 0 Å². The number of benzene rings is 1. The summed E-state index contributed by atoms with van der Waals surface area (Å²) in [6.45, 7) is 5.75. The fourth-order valence-electron chi connectivity index (χ4n) is 1.95. The van der Waals surface area contributed by atoms with Crippen LogP contribution in [0.3, 0.4) is 0 Å². The maximum absolute atomic E-state index is 12.2. The number of amides is 2. The van der Waals surface area contributed by atoms with E-state index >= 15 is 0 Å². The molecule has 1 aromatic heterocycles. The van der Waals surface area contributed by atoms with E-state index in [2.05, 4.69) is 15.6 Å². The zero-order valence-corrected chi connectivity index (χ0v) is 14.0. The van der Waals surface area contributed by atoms with Crippen molar-refractivity contribution in [3.8, 4) is 0 Å². The summed E-state index contributed by atoms with van der Waals surface area (Å²) in [6, 6.07) is 10.4. The quantitative estimate of drug-likeness (QED) is 0.902. The molecule has 0 spiro atoms. The molecule has 0 saturated heterocycles. The SMILES string of the molecule is CC(C)(C)OC(=O)Nc1cccc(C(=O)NCc2cccnc2)c1. The number of anilines is 1. The normalized spacial score (nSPS) is 10.8. The van der Waals surface area contributed by atoms with Crippen molar-refractivity contribution in [1.82, 2.24) is 10.3 Å². The van der Waals surface area contributed by atoms with Gasteiger partial charge in [-0.25, -0.2) is 4.79 Å². The average molecular weight is 327 g/mol. The molecule has 0 atom stereocenters. The third-order valence-corrected chi connectivity index (χ3v) is 2.95. The van der Waals surface area contributed by atoms with Gasteiger partial charge in [-0.1, -0.05) is 12.1 Å². The van der Waals surface area contributed by atoms with Crippen LogP contribution in [0.15, 0.2) is 48.8 Å². The third kappa shape index (κ3) is 5.72. The largest absolute Gasteiger partial charge is 0.444 e. The molecule has 6 nitrogen and oxygen atoms in total. The second kappa shape index (κ2) is 7.59. The molecule has 2 rings (SSSR count). The van der Waals surface area contributed by atoms with Gasteiger partial charge in [0.05, 0.1) is 0 Å². The Bertz CT molecular complexity index is 709. The van der Waals surface area contributed by atoms with E-state index in [-0.39, 0.29) is 5.91 Å². The van der Waals surface area contributed by atoms with Gasteiger partial charge < -0.3 is 10.1 Å². The maximum atomic E-state index is 12.2. The summed E-state index contributed by atoms with van der Waals surface area (Å²) in [6.07, 6.45) is 2.81. The highest BCUT2D eigenvalue weighted by atomic mass is 16.6. The molecule has 6 heteroatoms. The molecule has 0 unspecified atom stereocenters. The highest BCUT2D eigenvalue weighted by Crippen LogP contribution is 2.14. The number of pyridine rings is 1. The van der Waals surface area contributed by atoms with Crippen molar-refractivity contribution in [3.63, 3.8) is 0 Å². The molecule has 2 N–H and O–H groups in total. The molecular formula is C18H21N3O3. The van der Waals surface area contributed by atoms with Gasteiger partial charge in [-0.3, -0.25) is 15.1 Å². The molecule has 1 aromatic carbocycles. The molecule has 2 aromatic rings. The van der Waals surface area contributed by atoms with E-state index < -0.39 is 11.7 Å². The van der Waals surface area contributed by atoms with Crippen LogP contribution < -0.4 is 10.6 Å². The van der Waals surface area contributed by atoms with E-state index in [0.29, 0.717) is 17.8 Å². The lowest BCUT2D eigenvalue weighted by Crippen LogP contribution is -2.27. The molecule has 0 radical (unpaired) electrons. The molecule has 0 fully saturated rings. The maximum Gasteiger partial charge on any atom is 0.412 e.